The second kappa shape index (κ2) is 8.44. The molecule has 0 aliphatic heterocycles. The lowest BCUT2D eigenvalue weighted by atomic mass is 9.55. The van der Waals surface area contributed by atoms with Crippen LogP contribution in [0.2, 0.25) is 0 Å². The predicted octanol–water partition coefficient (Wildman–Crippen LogP) is 4.85. The Morgan fingerprint density at radius 3 is 2.46 bits per heavy atom. The summed E-state index contributed by atoms with van der Waals surface area (Å²) in [4.78, 5) is 33.5. The second-order valence-electron chi connectivity index (χ2n) is 10.0. The molecular weight excluding hydrogens is 452 g/mol. The molecule has 0 aromatic heterocycles. The minimum atomic E-state index is -0.763. The Labute approximate surface area is 201 Å². The molecule has 3 aliphatic rings. The van der Waals surface area contributed by atoms with Crippen LogP contribution in [-0.4, -0.2) is 26.6 Å². The van der Waals surface area contributed by atoms with Gasteiger partial charge in [-0.1, -0.05) is 13.0 Å². The van der Waals surface area contributed by atoms with Gasteiger partial charge in [0.05, 0.1) is 21.5 Å². The van der Waals surface area contributed by atoms with E-state index < -0.39 is 27.1 Å². The first-order valence-corrected chi connectivity index (χ1v) is 11.8. The number of aromatic hydroxyl groups is 1. The largest absolute Gasteiger partial charge is 0.508 e. The highest BCUT2D eigenvalue weighted by molar-refractivity contribution is 5.98. The molecule has 2 N–H and O–H groups in total. The van der Waals surface area contributed by atoms with Crippen molar-refractivity contribution in [1.29, 1.82) is 0 Å². The number of fused-ring (bicyclic) bond motifs is 5. The van der Waals surface area contributed by atoms with E-state index >= 15 is 0 Å². The number of rotatable bonds is 4. The van der Waals surface area contributed by atoms with Gasteiger partial charge >= 0.3 is 0 Å². The molecule has 0 spiro atoms. The Bertz CT molecular complexity index is 1240. The van der Waals surface area contributed by atoms with E-state index in [0.717, 1.165) is 62.4 Å². The maximum Gasteiger partial charge on any atom is 0.277 e. The first-order chi connectivity index (χ1) is 16.7. The maximum atomic E-state index is 12.7. The number of carbonyl (C=O) groups excluding carboxylic acids is 1. The van der Waals surface area contributed by atoms with Crippen LogP contribution in [-0.2, 0) is 6.42 Å². The van der Waals surface area contributed by atoms with Gasteiger partial charge in [0.15, 0.2) is 0 Å². The molecule has 5 rings (SSSR count). The third kappa shape index (κ3) is 3.92. The van der Waals surface area contributed by atoms with E-state index in [4.69, 9.17) is 0 Å². The summed E-state index contributed by atoms with van der Waals surface area (Å²) >= 11 is 0. The minimum Gasteiger partial charge on any atom is -0.508 e. The summed E-state index contributed by atoms with van der Waals surface area (Å²) in [6, 6.07) is 8.58. The van der Waals surface area contributed by atoms with Gasteiger partial charge in [0.1, 0.15) is 5.75 Å². The molecule has 2 saturated carbocycles. The molecular formula is C25H26N4O6. The fraction of sp³-hybridized carbons (Fsp3) is 0.440. The number of carbonyl (C=O) groups is 1. The summed E-state index contributed by atoms with van der Waals surface area (Å²) in [6.07, 6.45) is 5.64. The molecule has 35 heavy (non-hydrogen) atoms. The Morgan fingerprint density at radius 1 is 1.06 bits per heavy atom. The number of hydrogen-bond donors (Lipinski definition) is 2. The van der Waals surface area contributed by atoms with Crippen molar-refractivity contribution in [2.24, 2.45) is 22.4 Å². The van der Waals surface area contributed by atoms with E-state index in [2.05, 4.69) is 23.5 Å². The average Bonchev–Trinajstić information content (AvgIpc) is 3.17. The summed E-state index contributed by atoms with van der Waals surface area (Å²) in [6.45, 7) is 2.20. The number of nitrogens with zero attached hydrogens (tertiary/aromatic N) is 3. The number of aryl methyl sites for hydroxylation is 1. The Morgan fingerprint density at radius 2 is 1.77 bits per heavy atom. The van der Waals surface area contributed by atoms with E-state index in [0.29, 0.717) is 23.5 Å². The zero-order chi connectivity index (χ0) is 24.9. The predicted molar refractivity (Wildman–Crippen MR) is 127 cm³/mol. The van der Waals surface area contributed by atoms with Gasteiger partial charge in [-0.05, 0) is 79.5 Å². The molecule has 10 heteroatoms. The molecule has 10 nitrogen and oxygen atoms in total. The first kappa shape index (κ1) is 22.9. The molecule has 3 aliphatic carbocycles. The van der Waals surface area contributed by atoms with Crippen LogP contribution in [0.5, 0.6) is 5.75 Å². The topological polar surface area (TPSA) is 148 Å². The molecule has 182 valence electrons. The number of nitro groups is 2. The lowest BCUT2D eigenvalue weighted by molar-refractivity contribution is -0.394. The van der Waals surface area contributed by atoms with E-state index in [1.807, 2.05) is 6.07 Å². The van der Waals surface area contributed by atoms with Crippen LogP contribution in [0, 0.1) is 37.5 Å². The summed E-state index contributed by atoms with van der Waals surface area (Å²) in [5.74, 6) is 0.988. The number of phenols is 1. The average molecular weight is 479 g/mol. The van der Waals surface area contributed by atoms with Gasteiger partial charge in [0.2, 0.25) is 0 Å². The van der Waals surface area contributed by atoms with Crippen LogP contribution in [0.4, 0.5) is 11.4 Å². The van der Waals surface area contributed by atoms with Gasteiger partial charge in [0, 0.05) is 23.3 Å². The third-order valence-corrected chi connectivity index (χ3v) is 8.33. The highest BCUT2D eigenvalue weighted by Crippen LogP contribution is 2.59. The Hall–Kier alpha value is -3.82. The van der Waals surface area contributed by atoms with Crippen LogP contribution >= 0.6 is 0 Å². The highest BCUT2D eigenvalue weighted by Gasteiger charge is 2.53. The van der Waals surface area contributed by atoms with Gasteiger partial charge in [-0.15, -0.1) is 0 Å². The molecule has 0 heterocycles. The van der Waals surface area contributed by atoms with Crippen molar-refractivity contribution in [3.8, 4) is 5.75 Å². The quantitative estimate of drug-likeness (QED) is 0.474. The normalized spacial score (nSPS) is 28.0. The van der Waals surface area contributed by atoms with Crippen molar-refractivity contribution < 1.29 is 19.7 Å². The Kier molecular flexibility index (Phi) is 5.53. The number of hydrogen-bond acceptors (Lipinski definition) is 7. The summed E-state index contributed by atoms with van der Waals surface area (Å²) in [7, 11) is 0. The van der Waals surface area contributed by atoms with Crippen molar-refractivity contribution in [3.63, 3.8) is 0 Å². The number of nitro benzene ring substituents is 2. The molecule has 0 radical (unpaired) electrons. The number of non-ortho nitro benzene ring substituents is 2. The van der Waals surface area contributed by atoms with Crippen LogP contribution in [0.25, 0.3) is 0 Å². The zero-order valence-electron chi connectivity index (χ0n) is 19.3. The van der Waals surface area contributed by atoms with Gasteiger partial charge in [0.25, 0.3) is 17.3 Å². The highest BCUT2D eigenvalue weighted by atomic mass is 16.6. The van der Waals surface area contributed by atoms with E-state index in [1.165, 1.54) is 11.1 Å². The molecule has 1 amide bonds. The standard InChI is InChI=1S/C25H26N4O6/c1-25-9-8-20-19-5-3-18(30)12-14(19)2-4-21(20)22(25)6-7-23(25)26-27-24(31)15-10-16(28(32)33)13-17(11-15)29(34)35/h3,5,10-13,20-22,30H,2,4,6-9H2,1H3,(H,27,31)/b26-23-/t20-,21+,22+,25+/m1/s1. The van der Waals surface area contributed by atoms with Gasteiger partial charge in [-0.2, -0.15) is 5.10 Å². The monoisotopic (exact) mass is 478 g/mol. The van der Waals surface area contributed by atoms with Crippen LogP contribution in [0.15, 0.2) is 41.5 Å². The van der Waals surface area contributed by atoms with Crippen molar-refractivity contribution in [3.05, 3.63) is 73.3 Å². The lowest BCUT2D eigenvalue weighted by Crippen LogP contribution is -2.43. The number of nitrogens with one attached hydrogen (secondary N) is 1. The second-order valence-corrected chi connectivity index (χ2v) is 10.0. The smallest absolute Gasteiger partial charge is 0.277 e. The zero-order valence-corrected chi connectivity index (χ0v) is 19.3. The fourth-order valence-corrected chi connectivity index (χ4v) is 6.66. The molecule has 0 unspecified atom stereocenters. The van der Waals surface area contributed by atoms with Crippen molar-refractivity contribution in [1.82, 2.24) is 5.43 Å². The summed E-state index contributed by atoms with van der Waals surface area (Å²) in [5.41, 5.74) is 4.62. The van der Waals surface area contributed by atoms with Crippen molar-refractivity contribution in [2.45, 2.75) is 51.4 Å². The molecule has 2 aromatic carbocycles. The molecule has 2 aromatic rings. The van der Waals surface area contributed by atoms with Gasteiger partial charge in [-0.25, -0.2) is 5.43 Å². The summed E-state index contributed by atoms with van der Waals surface area (Å²) < 4.78 is 0. The number of hydrazone groups is 1. The fourth-order valence-electron chi connectivity index (χ4n) is 6.66. The van der Waals surface area contributed by atoms with E-state index in [9.17, 15) is 30.1 Å². The van der Waals surface area contributed by atoms with E-state index in [-0.39, 0.29) is 11.0 Å². The number of amides is 1. The van der Waals surface area contributed by atoms with Crippen LogP contribution < -0.4 is 5.43 Å². The van der Waals surface area contributed by atoms with Crippen molar-refractivity contribution in [2.75, 3.05) is 0 Å². The SMILES string of the molecule is C[C@]12CC[C@@H]3c4ccc(O)cc4CC[C@@H]3[C@@H]1CC/C2=N/NC(=O)c1cc([N+](=O)[O-])cc([N+](=O)[O-])c1. The number of phenolic OH excluding ortho intramolecular Hbond substituents is 1. The molecule has 4 atom stereocenters. The molecule has 0 saturated heterocycles. The third-order valence-electron chi connectivity index (χ3n) is 8.33. The van der Waals surface area contributed by atoms with Crippen LogP contribution in [0.1, 0.15) is 66.4 Å². The maximum absolute atomic E-state index is 12.7. The minimum absolute atomic E-state index is 0.155. The lowest BCUT2D eigenvalue weighted by Gasteiger charge is -2.49. The van der Waals surface area contributed by atoms with Crippen molar-refractivity contribution >= 4 is 23.0 Å². The van der Waals surface area contributed by atoms with Gasteiger partial charge < -0.3 is 5.11 Å². The first-order valence-electron chi connectivity index (χ1n) is 11.8. The Balaban J connectivity index is 1.36. The van der Waals surface area contributed by atoms with Gasteiger partial charge in [-0.3, -0.25) is 25.0 Å². The van der Waals surface area contributed by atoms with E-state index in [1.54, 1.807) is 6.07 Å². The summed E-state index contributed by atoms with van der Waals surface area (Å²) in [5, 5.41) is 36.6. The molecule has 2 fully saturated rings. The molecule has 0 bridgehead atoms. The number of benzene rings is 2. The van der Waals surface area contributed by atoms with Crippen LogP contribution in [0.3, 0.4) is 0 Å².